The molecule has 0 saturated carbocycles. The molecule has 0 spiro atoms. The lowest BCUT2D eigenvalue weighted by atomic mass is 9.84. The molecule has 1 aliphatic rings. The quantitative estimate of drug-likeness (QED) is 0.249. The molecule has 5 nitrogen and oxygen atoms in total. The van der Waals surface area contributed by atoms with Crippen molar-refractivity contribution in [3.63, 3.8) is 0 Å². The Labute approximate surface area is 193 Å². The Balaban J connectivity index is 0.00000450. The predicted molar refractivity (Wildman–Crippen MR) is 123 cm³/mol. The maximum Gasteiger partial charge on any atom is 0.416 e. The summed E-state index contributed by atoms with van der Waals surface area (Å²) in [5.74, 6) is 0.657. The average Bonchev–Trinajstić information content (AvgIpc) is 3.14. The van der Waals surface area contributed by atoms with Gasteiger partial charge in [-0.25, -0.2) is 0 Å². The van der Waals surface area contributed by atoms with E-state index in [-0.39, 0.29) is 41.9 Å². The van der Waals surface area contributed by atoms with E-state index in [0.717, 1.165) is 12.5 Å². The zero-order valence-electron chi connectivity index (χ0n) is 17.6. The number of guanidine groups is 1. The molecule has 0 aromatic heterocycles. The van der Waals surface area contributed by atoms with Crippen molar-refractivity contribution in [1.82, 2.24) is 10.6 Å². The largest absolute Gasteiger partial charge is 0.416 e. The van der Waals surface area contributed by atoms with E-state index in [9.17, 15) is 18.3 Å². The maximum atomic E-state index is 12.9. The number of hydrogen-bond acceptors (Lipinski definition) is 3. The highest BCUT2D eigenvalue weighted by atomic mass is 127. The third-order valence-corrected chi connectivity index (χ3v) is 5.40. The Hall–Kier alpha value is -1.07. The molecule has 3 N–H and O–H groups in total. The second-order valence-corrected chi connectivity index (χ2v) is 7.71. The Morgan fingerprint density at radius 1 is 1.33 bits per heavy atom. The molecule has 0 aliphatic carbocycles. The lowest BCUT2D eigenvalue weighted by Gasteiger charge is -2.25. The van der Waals surface area contributed by atoms with E-state index < -0.39 is 11.7 Å². The van der Waals surface area contributed by atoms with Gasteiger partial charge < -0.3 is 20.5 Å². The number of nitrogens with zero attached hydrogens (tertiary/aromatic N) is 1. The van der Waals surface area contributed by atoms with Crippen LogP contribution in [0, 0.1) is 5.41 Å². The molecule has 1 saturated heterocycles. The first kappa shape index (κ1) is 27.0. The highest BCUT2D eigenvalue weighted by Gasteiger charge is 2.34. The van der Waals surface area contributed by atoms with Crippen molar-refractivity contribution in [3.8, 4) is 0 Å². The fourth-order valence-corrected chi connectivity index (χ4v) is 3.47. The Morgan fingerprint density at radius 2 is 2.10 bits per heavy atom. The van der Waals surface area contributed by atoms with Gasteiger partial charge in [0.2, 0.25) is 0 Å². The molecule has 1 aromatic carbocycles. The van der Waals surface area contributed by atoms with Gasteiger partial charge in [0.05, 0.1) is 18.7 Å². The van der Waals surface area contributed by atoms with E-state index in [1.165, 1.54) is 12.1 Å². The second-order valence-electron chi connectivity index (χ2n) is 7.71. The molecular weight excluding hydrogens is 510 g/mol. The summed E-state index contributed by atoms with van der Waals surface area (Å²) in [6, 6.07) is 5.51. The molecule has 9 heteroatoms. The first-order valence-corrected chi connectivity index (χ1v) is 10.2. The molecule has 1 aliphatic heterocycles. The van der Waals surface area contributed by atoms with Crippen LogP contribution in [0.1, 0.15) is 50.2 Å². The predicted octanol–water partition coefficient (Wildman–Crippen LogP) is 4.16. The molecular formula is C21H33F3IN3O2. The molecule has 1 heterocycles. The number of aliphatic imine (C=N–C) groups is 1. The van der Waals surface area contributed by atoms with Gasteiger partial charge in [0.1, 0.15) is 0 Å². The highest BCUT2D eigenvalue weighted by molar-refractivity contribution is 14.0. The van der Waals surface area contributed by atoms with E-state index in [1.54, 1.807) is 6.07 Å². The van der Waals surface area contributed by atoms with E-state index >= 15 is 0 Å². The van der Waals surface area contributed by atoms with Crippen molar-refractivity contribution in [2.24, 2.45) is 10.4 Å². The molecule has 2 atom stereocenters. The molecule has 2 rings (SSSR count). The summed E-state index contributed by atoms with van der Waals surface area (Å²) in [4.78, 5) is 4.66. The third kappa shape index (κ3) is 8.22. The van der Waals surface area contributed by atoms with Gasteiger partial charge in [-0.2, -0.15) is 13.2 Å². The minimum absolute atomic E-state index is 0. The number of rotatable bonds is 9. The summed E-state index contributed by atoms with van der Waals surface area (Å²) in [7, 11) is 0. The minimum atomic E-state index is -4.33. The second kappa shape index (κ2) is 12.7. The van der Waals surface area contributed by atoms with Crippen LogP contribution in [0.2, 0.25) is 0 Å². The van der Waals surface area contributed by atoms with Gasteiger partial charge in [-0.15, -0.1) is 24.0 Å². The van der Waals surface area contributed by atoms with E-state index in [4.69, 9.17) is 4.74 Å². The molecule has 30 heavy (non-hydrogen) atoms. The van der Waals surface area contributed by atoms with Crippen molar-refractivity contribution in [2.45, 2.75) is 45.2 Å². The van der Waals surface area contributed by atoms with Crippen molar-refractivity contribution in [3.05, 3.63) is 35.4 Å². The first-order valence-electron chi connectivity index (χ1n) is 10.2. The lowest BCUT2D eigenvalue weighted by molar-refractivity contribution is -0.137. The van der Waals surface area contributed by atoms with Crippen LogP contribution in [0.5, 0.6) is 0 Å². The van der Waals surface area contributed by atoms with Gasteiger partial charge in [0, 0.05) is 31.7 Å². The van der Waals surface area contributed by atoms with Crippen LogP contribution in [-0.2, 0) is 10.9 Å². The summed E-state index contributed by atoms with van der Waals surface area (Å²) in [5.41, 5.74) is -0.0613. The molecule has 0 amide bonds. The van der Waals surface area contributed by atoms with Gasteiger partial charge in [-0.1, -0.05) is 25.1 Å². The summed E-state index contributed by atoms with van der Waals surface area (Å²) in [5, 5.41) is 15.8. The number of nitrogens with one attached hydrogen (secondary N) is 2. The fraction of sp³-hybridized carbons (Fsp3) is 0.667. The summed E-state index contributed by atoms with van der Waals surface area (Å²) < 4.78 is 44.2. The maximum absolute atomic E-state index is 12.9. The van der Waals surface area contributed by atoms with Gasteiger partial charge in [0.15, 0.2) is 5.96 Å². The smallest absolute Gasteiger partial charge is 0.396 e. The summed E-state index contributed by atoms with van der Waals surface area (Å²) in [6.45, 7) is 7.16. The molecule has 0 radical (unpaired) electrons. The zero-order chi connectivity index (χ0) is 21.3. The van der Waals surface area contributed by atoms with Gasteiger partial charge in [-0.3, -0.25) is 4.99 Å². The first-order chi connectivity index (χ1) is 13.8. The van der Waals surface area contributed by atoms with Crippen LogP contribution in [0.15, 0.2) is 29.3 Å². The third-order valence-electron chi connectivity index (χ3n) is 5.40. The molecule has 1 fully saturated rings. The van der Waals surface area contributed by atoms with Gasteiger partial charge >= 0.3 is 6.18 Å². The van der Waals surface area contributed by atoms with Crippen LogP contribution in [0.3, 0.4) is 0 Å². The van der Waals surface area contributed by atoms with Gasteiger partial charge in [-0.05, 0) is 43.7 Å². The SMILES string of the molecule is CCNC(=NCC1(CCO)CCOC1)NCCC(C)c1cccc(C(F)(F)F)c1.I. The van der Waals surface area contributed by atoms with Crippen LogP contribution < -0.4 is 10.6 Å². The van der Waals surface area contributed by atoms with E-state index in [2.05, 4.69) is 15.6 Å². The molecule has 1 aromatic rings. The number of hydrogen-bond donors (Lipinski definition) is 3. The Kier molecular flexibility index (Phi) is 11.4. The number of halogens is 4. The van der Waals surface area contributed by atoms with Crippen LogP contribution in [0.25, 0.3) is 0 Å². The zero-order valence-corrected chi connectivity index (χ0v) is 19.9. The van der Waals surface area contributed by atoms with Gasteiger partial charge in [0.25, 0.3) is 0 Å². The van der Waals surface area contributed by atoms with E-state index in [0.29, 0.717) is 57.2 Å². The molecule has 0 bridgehead atoms. The Morgan fingerprint density at radius 3 is 2.70 bits per heavy atom. The summed E-state index contributed by atoms with van der Waals surface area (Å²) in [6.07, 6.45) is -2.12. The standard InChI is InChI=1S/C21H32F3N3O2.HI/c1-3-25-19(27-14-20(8-11-28)9-12-29-15-20)26-10-7-16(2)17-5-4-6-18(13-17)21(22,23)24;/h4-6,13,16,28H,3,7-12,14-15H2,1-2H3,(H2,25,26,27);1H. The van der Waals surface area contributed by atoms with Crippen molar-refractivity contribution in [1.29, 1.82) is 0 Å². The number of ether oxygens (including phenoxy) is 1. The van der Waals surface area contributed by atoms with Crippen molar-refractivity contribution < 1.29 is 23.0 Å². The van der Waals surface area contributed by atoms with Crippen molar-refractivity contribution >= 4 is 29.9 Å². The summed E-state index contributed by atoms with van der Waals surface area (Å²) >= 11 is 0. The fourth-order valence-electron chi connectivity index (χ4n) is 3.47. The monoisotopic (exact) mass is 543 g/mol. The number of benzene rings is 1. The van der Waals surface area contributed by atoms with Crippen LogP contribution >= 0.6 is 24.0 Å². The number of alkyl halides is 3. The van der Waals surface area contributed by atoms with Crippen LogP contribution in [-0.4, -0.2) is 50.5 Å². The number of aliphatic hydroxyl groups excluding tert-OH is 1. The average molecular weight is 543 g/mol. The lowest BCUT2D eigenvalue weighted by Crippen LogP contribution is -2.39. The molecule has 2 unspecified atom stereocenters. The highest BCUT2D eigenvalue weighted by Crippen LogP contribution is 2.33. The molecule has 172 valence electrons. The Bertz CT molecular complexity index is 665. The normalized spacial score (nSPS) is 20.5. The topological polar surface area (TPSA) is 65.9 Å². The van der Waals surface area contributed by atoms with Crippen molar-refractivity contribution in [2.75, 3.05) is 39.5 Å². The van der Waals surface area contributed by atoms with E-state index in [1.807, 2.05) is 13.8 Å². The van der Waals surface area contributed by atoms with Crippen LogP contribution in [0.4, 0.5) is 13.2 Å². The minimum Gasteiger partial charge on any atom is -0.396 e. The number of aliphatic hydroxyl groups is 1.